The molecule has 1 aromatic heterocycles. The van der Waals surface area contributed by atoms with E-state index in [2.05, 4.69) is 10.5 Å². The Labute approximate surface area is 152 Å². The second-order valence-corrected chi connectivity index (χ2v) is 8.12. The number of aryl methyl sites for hydroxylation is 2. The minimum Gasteiger partial charge on any atom is -0.360 e. The molecule has 2 heterocycles. The zero-order chi connectivity index (χ0) is 18.7. The molecule has 0 bridgehead atoms. The van der Waals surface area contributed by atoms with E-state index in [0.717, 1.165) is 5.69 Å². The molecular formula is C17H22N4O4S. The summed E-state index contributed by atoms with van der Waals surface area (Å²) in [6, 6.07) is 9.24. The van der Waals surface area contributed by atoms with Gasteiger partial charge in [-0.2, -0.15) is 4.31 Å². The third-order valence-electron chi connectivity index (χ3n) is 4.32. The molecule has 1 aromatic carbocycles. The van der Waals surface area contributed by atoms with Crippen LogP contribution < -0.4 is 5.32 Å². The van der Waals surface area contributed by atoms with Gasteiger partial charge in [0, 0.05) is 31.9 Å². The van der Waals surface area contributed by atoms with Crippen LogP contribution in [0.3, 0.4) is 0 Å². The fourth-order valence-electron chi connectivity index (χ4n) is 3.03. The molecular weight excluding hydrogens is 356 g/mol. The molecule has 1 aliphatic rings. The Balaban J connectivity index is 1.57. The molecule has 0 unspecified atom stereocenters. The number of amides is 1. The highest BCUT2D eigenvalue weighted by molar-refractivity contribution is 7.89. The van der Waals surface area contributed by atoms with E-state index >= 15 is 0 Å². The van der Waals surface area contributed by atoms with Crippen molar-refractivity contribution in [3.05, 3.63) is 41.8 Å². The molecule has 1 amide bonds. The van der Waals surface area contributed by atoms with Gasteiger partial charge in [-0.1, -0.05) is 23.4 Å². The van der Waals surface area contributed by atoms with E-state index in [9.17, 15) is 13.2 Å². The number of rotatable bonds is 5. The number of nitrogens with zero attached hydrogens (tertiary/aromatic N) is 3. The first kappa shape index (κ1) is 18.6. The third kappa shape index (κ3) is 3.95. The lowest BCUT2D eigenvalue weighted by Gasteiger charge is -2.33. The van der Waals surface area contributed by atoms with Crippen molar-refractivity contribution < 1.29 is 17.7 Å². The van der Waals surface area contributed by atoms with Gasteiger partial charge in [-0.15, -0.1) is 0 Å². The van der Waals surface area contributed by atoms with E-state index in [1.807, 2.05) is 35.2 Å². The monoisotopic (exact) mass is 378 g/mol. The number of hydrogen-bond acceptors (Lipinski definition) is 6. The maximum absolute atomic E-state index is 12.8. The molecule has 1 N–H and O–H groups in total. The highest BCUT2D eigenvalue weighted by Gasteiger charge is 2.33. The minimum atomic E-state index is -3.63. The Hall–Kier alpha value is -2.23. The number of aromatic nitrogens is 1. The molecule has 0 radical (unpaired) electrons. The van der Waals surface area contributed by atoms with Crippen molar-refractivity contribution >= 4 is 21.6 Å². The zero-order valence-electron chi connectivity index (χ0n) is 14.8. The van der Waals surface area contributed by atoms with Crippen molar-refractivity contribution in [2.75, 3.05) is 38.0 Å². The lowest BCUT2D eigenvalue weighted by molar-refractivity contribution is -0.117. The molecule has 3 rings (SSSR count). The van der Waals surface area contributed by atoms with Crippen LogP contribution in [0.25, 0.3) is 0 Å². The van der Waals surface area contributed by atoms with Gasteiger partial charge >= 0.3 is 0 Å². The van der Waals surface area contributed by atoms with Crippen LogP contribution in [0.4, 0.5) is 5.69 Å². The first-order valence-corrected chi connectivity index (χ1v) is 9.82. The van der Waals surface area contributed by atoms with Gasteiger partial charge in [-0.05, 0) is 26.0 Å². The predicted molar refractivity (Wildman–Crippen MR) is 96.2 cm³/mol. The van der Waals surface area contributed by atoms with Crippen LogP contribution in [-0.4, -0.2) is 61.4 Å². The Morgan fingerprint density at radius 3 is 2.38 bits per heavy atom. The molecule has 1 aliphatic heterocycles. The standard InChI is InChI=1S/C17H22N4O4S/c1-13-17(14(2)25-19-13)26(23,24)21-10-8-20(9-11-21)12-16(22)18-15-6-4-3-5-7-15/h3-7H,8-12H2,1-2H3,(H,18,22). The van der Waals surface area contributed by atoms with Crippen LogP contribution in [-0.2, 0) is 14.8 Å². The third-order valence-corrected chi connectivity index (χ3v) is 6.47. The smallest absolute Gasteiger partial charge is 0.248 e. The summed E-state index contributed by atoms with van der Waals surface area (Å²) >= 11 is 0. The molecule has 140 valence electrons. The Morgan fingerprint density at radius 1 is 1.15 bits per heavy atom. The molecule has 0 atom stereocenters. The van der Waals surface area contributed by atoms with E-state index in [1.54, 1.807) is 13.8 Å². The highest BCUT2D eigenvalue weighted by atomic mass is 32.2. The number of sulfonamides is 1. The molecule has 0 aliphatic carbocycles. The molecule has 26 heavy (non-hydrogen) atoms. The largest absolute Gasteiger partial charge is 0.360 e. The van der Waals surface area contributed by atoms with Crippen LogP contribution in [0.2, 0.25) is 0 Å². The Bertz CT molecular complexity index is 852. The summed E-state index contributed by atoms with van der Waals surface area (Å²) in [6.45, 7) is 5.07. The van der Waals surface area contributed by atoms with E-state index in [4.69, 9.17) is 4.52 Å². The fraction of sp³-hybridized carbons (Fsp3) is 0.412. The number of nitrogens with one attached hydrogen (secondary N) is 1. The first-order valence-electron chi connectivity index (χ1n) is 8.38. The number of carbonyl (C=O) groups is 1. The van der Waals surface area contributed by atoms with Gasteiger partial charge in [0.25, 0.3) is 0 Å². The van der Waals surface area contributed by atoms with Crippen molar-refractivity contribution in [2.24, 2.45) is 0 Å². The average molecular weight is 378 g/mol. The lowest BCUT2D eigenvalue weighted by atomic mass is 10.3. The summed E-state index contributed by atoms with van der Waals surface area (Å²) in [7, 11) is -3.63. The van der Waals surface area contributed by atoms with E-state index < -0.39 is 10.0 Å². The number of piperazine rings is 1. The maximum Gasteiger partial charge on any atom is 0.248 e. The second-order valence-electron chi connectivity index (χ2n) is 6.25. The fourth-order valence-corrected chi connectivity index (χ4v) is 4.74. The van der Waals surface area contributed by atoms with Gasteiger partial charge in [0.1, 0.15) is 10.6 Å². The lowest BCUT2D eigenvalue weighted by Crippen LogP contribution is -2.50. The van der Waals surface area contributed by atoms with E-state index in [1.165, 1.54) is 4.31 Å². The average Bonchev–Trinajstić information content (AvgIpc) is 2.95. The molecule has 2 aromatic rings. The summed E-state index contributed by atoms with van der Waals surface area (Å²) in [6.07, 6.45) is 0. The quantitative estimate of drug-likeness (QED) is 0.841. The van der Waals surface area contributed by atoms with Gasteiger partial charge in [0.05, 0.1) is 6.54 Å². The molecule has 9 heteroatoms. The number of benzene rings is 1. The Morgan fingerprint density at radius 2 is 1.81 bits per heavy atom. The van der Waals surface area contributed by atoms with Crippen LogP contribution in [0, 0.1) is 13.8 Å². The number of hydrogen-bond donors (Lipinski definition) is 1. The van der Waals surface area contributed by atoms with Gasteiger partial charge in [-0.25, -0.2) is 8.42 Å². The van der Waals surface area contributed by atoms with Crippen LogP contribution in [0.5, 0.6) is 0 Å². The molecule has 0 saturated carbocycles. The zero-order valence-corrected chi connectivity index (χ0v) is 15.6. The topological polar surface area (TPSA) is 95.8 Å². The number of anilines is 1. The van der Waals surface area contributed by atoms with Crippen molar-refractivity contribution in [3.8, 4) is 0 Å². The number of carbonyl (C=O) groups excluding carboxylic acids is 1. The summed E-state index contributed by atoms with van der Waals surface area (Å²) in [5, 5.41) is 6.56. The van der Waals surface area contributed by atoms with Crippen LogP contribution >= 0.6 is 0 Å². The maximum atomic E-state index is 12.8. The molecule has 0 spiro atoms. The predicted octanol–water partition coefficient (Wildman–Crippen LogP) is 1.24. The van der Waals surface area contributed by atoms with E-state index in [-0.39, 0.29) is 17.3 Å². The summed E-state index contributed by atoms with van der Waals surface area (Å²) in [4.78, 5) is 14.2. The van der Waals surface area contributed by atoms with E-state index in [0.29, 0.717) is 37.6 Å². The SMILES string of the molecule is Cc1noc(C)c1S(=O)(=O)N1CCN(CC(=O)Nc2ccccc2)CC1. The molecule has 1 fully saturated rings. The summed E-state index contributed by atoms with van der Waals surface area (Å²) in [5.74, 6) is 0.186. The van der Waals surface area contributed by atoms with Gasteiger partial charge in [0.15, 0.2) is 5.76 Å². The minimum absolute atomic E-state index is 0.113. The second kappa shape index (κ2) is 7.56. The van der Waals surface area contributed by atoms with Crippen molar-refractivity contribution in [2.45, 2.75) is 18.7 Å². The van der Waals surface area contributed by atoms with Gasteiger partial charge < -0.3 is 9.84 Å². The summed E-state index contributed by atoms with van der Waals surface area (Å²) in [5.41, 5.74) is 1.12. The molecule has 8 nitrogen and oxygen atoms in total. The van der Waals surface area contributed by atoms with Gasteiger partial charge in [0.2, 0.25) is 15.9 Å². The summed E-state index contributed by atoms with van der Waals surface area (Å²) < 4.78 is 32.0. The van der Waals surface area contributed by atoms with Gasteiger partial charge in [-0.3, -0.25) is 9.69 Å². The van der Waals surface area contributed by atoms with Crippen molar-refractivity contribution in [1.82, 2.24) is 14.4 Å². The normalized spacial score (nSPS) is 16.5. The van der Waals surface area contributed by atoms with Crippen LogP contribution in [0.15, 0.2) is 39.8 Å². The molecule has 1 saturated heterocycles. The Kier molecular flexibility index (Phi) is 5.40. The van der Waals surface area contributed by atoms with Crippen LogP contribution in [0.1, 0.15) is 11.5 Å². The van der Waals surface area contributed by atoms with Crippen molar-refractivity contribution in [1.29, 1.82) is 0 Å². The first-order chi connectivity index (χ1) is 12.4. The highest BCUT2D eigenvalue weighted by Crippen LogP contribution is 2.24. The number of para-hydroxylation sites is 1. The van der Waals surface area contributed by atoms with Crippen molar-refractivity contribution in [3.63, 3.8) is 0 Å².